The number of benzene rings is 4. The molecular weight excluding hydrogens is 367 g/mol. The lowest BCUT2D eigenvalue weighted by molar-refractivity contribution is 0.584. The molecule has 0 saturated carbocycles. The van der Waals surface area contributed by atoms with Crippen LogP contribution in [0.4, 0.5) is 0 Å². The van der Waals surface area contributed by atoms with Crippen LogP contribution in [0, 0.1) is 0 Å². The van der Waals surface area contributed by atoms with E-state index >= 15 is 0 Å². The van der Waals surface area contributed by atoms with Gasteiger partial charge in [0.2, 0.25) is 0 Å². The van der Waals surface area contributed by atoms with E-state index in [2.05, 4.69) is 94.2 Å². The van der Waals surface area contributed by atoms with Crippen molar-refractivity contribution in [3.63, 3.8) is 0 Å². The first kappa shape index (κ1) is 20.1. The predicted octanol–water partition coefficient (Wildman–Crippen LogP) is 8.34. The smallest absolute Gasteiger partial charge is 0.0102 e. The molecule has 4 rings (SSSR count). The number of fused-ring (bicyclic) bond motifs is 2. The topological polar surface area (TPSA) is 0 Å². The van der Waals surface area contributed by atoms with Gasteiger partial charge in [-0.05, 0) is 51.7 Å². The molecule has 0 amide bonds. The number of unbranched alkanes of at least 4 members (excludes halogenated alkanes) is 4. The minimum atomic E-state index is 0.439. The van der Waals surface area contributed by atoms with E-state index in [1.54, 1.807) is 0 Å². The van der Waals surface area contributed by atoms with Crippen LogP contribution in [-0.4, -0.2) is 6.16 Å². The molecule has 0 heterocycles. The zero-order valence-corrected chi connectivity index (χ0v) is 18.3. The van der Waals surface area contributed by atoms with Gasteiger partial charge in [-0.25, -0.2) is 0 Å². The number of hydrogen-bond acceptors (Lipinski definition) is 0. The second kappa shape index (κ2) is 10.0. The van der Waals surface area contributed by atoms with Gasteiger partial charge in [-0.3, -0.25) is 0 Å². The van der Waals surface area contributed by atoms with E-state index in [0.717, 1.165) is 0 Å². The maximum Gasteiger partial charge on any atom is 0.0102 e. The highest BCUT2D eigenvalue weighted by molar-refractivity contribution is 7.16. The highest BCUT2D eigenvalue weighted by Crippen LogP contribution is 2.38. The number of rotatable bonds is 9. The minimum Gasteiger partial charge on any atom is -0.138 e. The van der Waals surface area contributed by atoms with Crippen molar-refractivity contribution in [2.45, 2.75) is 44.4 Å². The molecule has 1 unspecified atom stereocenters. The molecule has 0 nitrogen and oxygen atoms in total. The molecule has 0 aliphatic carbocycles. The van der Waals surface area contributed by atoms with Crippen LogP contribution in [0.5, 0.6) is 0 Å². The molecule has 4 aromatic rings. The fourth-order valence-electron chi connectivity index (χ4n) is 4.61. The fourth-order valence-corrected chi connectivity index (χ4v) is 4.90. The molecule has 1 atom stereocenters. The van der Waals surface area contributed by atoms with Gasteiger partial charge in [-0.1, -0.05) is 111 Å². The van der Waals surface area contributed by atoms with Crippen LogP contribution in [0.3, 0.4) is 0 Å². The normalized spacial score (nSPS) is 11.5. The predicted molar refractivity (Wildman–Crippen MR) is 132 cm³/mol. The Balaban J connectivity index is 1.71. The van der Waals surface area contributed by atoms with Crippen molar-refractivity contribution in [2.75, 3.05) is 6.16 Å². The van der Waals surface area contributed by atoms with Crippen molar-refractivity contribution in [3.05, 3.63) is 96.1 Å². The van der Waals surface area contributed by atoms with Crippen LogP contribution >= 0.6 is 9.24 Å². The van der Waals surface area contributed by atoms with Gasteiger partial charge in [0.1, 0.15) is 0 Å². The van der Waals surface area contributed by atoms with Crippen LogP contribution < -0.4 is 0 Å². The monoisotopic (exact) mass is 398 g/mol. The first-order valence-electron chi connectivity index (χ1n) is 11.0. The van der Waals surface area contributed by atoms with E-state index in [-0.39, 0.29) is 0 Å². The fraction of sp³-hybridized carbons (Fsp3) is 0.286. The molecule has 0 fully saturated rings. The lowest BCUT2D eigenvalue weighted by atomic mass is 9.82. The van der Waals surface area contributed by atoms with Crippen LogP contribution in [0.2, 0.25) is 0 Å². The van der Waals surface area contributed by atoms with E-state index in [4.69, 9.17) is 0 Å². The zero-order valence-electron chi connectivity index (χ0n) is 17.2. The van der Waals surface area contributed by atoms with Crippen LogP contribution in [0.25, 0.3) is 21.5 Å². The molecule has 0 aromatic heterocycles. The summed E-state index contributed by atoms with van der Waals surface area (Å²) in [6.07, 6.45) is 9.10. The van der Waals surface area contributed by atoms with Crippen LogP contribution in [0.1, 0.15) is 55.6 Å². The van der Waals surface area contributed by atoms with E-state index in [0.29, 0.717) is 5.92 Å². The lowest BCUT2D eigenvalue weighted by Crippen LogP contribution is -2.03. The molecule has 1 heteroatoms. The van der Waals surface area contributed by atoms with Crippen LogP contribution in [-0.2, 0) is 0 Å². The quantitative estimate of drug-likeness (QED) is 0.196. The summed E-state index contributed by atoms with van der Waals surface area (Å²) in [5, 5.41) is 5.48. The summed E-state index contributed by atoms with van der Waals surface area (Å²) < 4.78 is 0. The highest BCUT2D eigenvalue weighted by Gasteiger charge is 2.18. The second-order valence-electron chi connectivity index (χ2n) is 8.03. The van der Waals surface area contributed by atoms with Gasteiger partial charge >= 0.3 is 0 Å². The average molecular weight is 399 g/mol. The Labute approximate surface area is 177 Å². The van der Waals surface area contributed by atoms with Crippen LogP contribution in [0.15, 0.2) is 84.9 Å². The third-order valence-corrected chi connectivity index (χ3v) is 6.50. The summed E-state index contributed by atoms with van der Waals surface area (Å²) in [6.45, 7) is 0. The van der Waals surface area contributed by atoms with Crippen molar-refractivity contribution >= 4 is 30.8 Å². The summed E-state index contributed by atoms with van der Waals surface area (Å²) in [5.74, 6) is 0.439. The molecular formula is C28H31P. The van der Waals surface area contributed by atoms with Crippen molar-refractivity contribution in [3.8, 4) is 0 Å². The Kier molecular flexibility index (Phi) is 6.96. The Bertz CT molecular complexity index is 976. The third kappa shape index (κ3) is 4.71. The van der Waals surface area contributed by atoms with Gasteiger partial charge in [0.15, 0.2) is 0 Å². The van der Waals surface area contributed by atoms with Gasteiger partial charge in [0.25, 0.3) is 0 Å². The molecule has 0 aliphatic heterocycles. The minimum absolute atomic E-state index is 0.439. The van der Waals surface area contributed by atoms with Crippen molar-refractivity contribution in [1.82, 2.24) is 0 Å². The molecule has 29 heavy (non-hydrogen) atoms. The highest BCUT2D eigenvalue weighted by atomic mass is 31.0. The van der Waals surface area contributed by atoms with E-state index in [1.807, 2.05) is 0 Å². The molecule has 0 N–H and O–H groups in total. The van der Waals surface area contributed by atoms with Crippen molar-refractivity contribution in [1.29, 1.82) is 0 Å². The molecule has 0 aliphatic rings. The SMILES string of the molecule is PCCCCCCCC(c1cccc2ccccc12)c1cccc2ccccc12. The lowest BCUT2D eigenvalue weighted by Gasteiger charge is -2.22. The summed E-state index contributed by atoms with van der Waals surface area (Å²) in [7, 11) is 2.85. The average Bonchev–Trinajstić information content (AvgIpc) is 2.78. The summed E-state index contributed by atoms with van der Waals surface area (Å²) >= 11 is 0. The zero-order chi connectivity index (χ0) is 19.9. The van der Waals surface area contributed by atoms with Gasteiger partial charge in [0.05, 0.1) is 0 Å². The van der Waals surface area contributed by atoms with E-state index in [1.165, 1.54) is 77.4 Å². The largest absolute Gasteiger partial charge is 0.138 e. The summed E-state index contributed by atoms with van der Waals surface area (Å²) in [5.41, 5.74) is 2.95. The summed E-state index contributed by atoms with van der Waals surface area (Å²) in [4.78, 5) is 0. The molecule has 0 bridgehead atoms. The Morgan fingerprint density at radius 1 is 0.517 bits per heavy atom. The molecule has 4 aromatic carbocycles. The van der Waals surface area contributed by atoms with Gasteiger partial charge in [-0.2, -0.15) is 0 Å². The standard InChI is InChI=1S/C28H31P/c29-21-9-3-1-2-4-18-28(26-19-10-14-22-12-5-7-16-24(22)26)27-20-11-15-23-13-6-8-17-25(23)27/h5-8,10-17,19-20,28H,1-4,9,18,21,29H2. The third-order valence-electron chi connectivity index (χ3n) is 6.09. The Morgan fingerprint density at radius 3 is 1.59 bits per heavy atom. The molecule has 0 spiro atoms. The van der Waals surface area contributed by atoms with E-state index < -0.39 is 0 Å². The first-order chi connectivity index (χ1) is 14.4. The summed E-state index contributed by atoms with van der Waals surface area (Å²) in [6, 6.07) is 31.3. The van der Waals surface area contributed by atoms with Crippen molar-refractivity contribution in [2.24, 2.45) is 0 Å². The van der Waals surface area contributed by atoms with Gasteiger partial charge < -0.3 is 0 Å². The number of hydrogen-bond donors (Lipinski definition) is 0. The second-order valence-corrected chi connectivity index (χ2v) is 8.61. The molecule has 0 saturated heterocycles. The maximum absolute atomic E-state index is 2.85. The Morgan fingerprint density at radius 2 is 1.00 bits per heavy atom. The van der Waals surface area contributed by atoms with E-state index in [9.17, 15) is 0 Å². The van der Waals surface area contributed by atoms with Gasteiger partial charge in [-0.15, -0.1) is 9.24 Å². The maximum atomic E-state index is 2.85. The molecule has 0 radical (unpaired) electrons. The Hall–Kier alpha value is -2.17. The van der Waals surface area contributed by atoms with Crippen molar-refractivity contribution < 1.29 is 0 Å². The molecule has 148 valence electrons. The first-order valence-corrected chi connectivity index (χ1v) is 11.9. The van der Waals surface area contributed by atoms with Gasteiger partial charge in [0, 0.05) is 5.92 Å².